The Hall–Kier alpha value is -0.950. The van der Waals surface area contributed by atoms with E-state index in [1.165, 1.54) is 16.9 Å². The minimum absolute atomic E-state index is 0.359. The maximum Gasteiger partial charge on any atom is 0.174 e. The van der Waals surface area contributed by atoms with E-state index in [9.17, 15) is 5.11 Å². The molecule has 0 aliphatic carbocycles. The molecule has 0 bridgehead atoms. The number of benzene rings is 1. The summed E-state index contributed by atoms with van der Waals surface area (Å²) in [6.45, 7) is 1.50. The van der Waals surface area contributed by atoms with Crippen molar-refractivity contribution in [3.63, 3.8) is 0 Å². The molecule has 1 atom stereocenters. The molecule has 0 saturated heterocycles. The largest absolute Gasteiger partial charge is 0.391 e. The second-order valence-electron chi connectivity index (χ2n) is 4.35. The van der Waals surface area contributed by atoms with Crippen LogP contribution in [-0.2, 0) is 6.54 Å². The second kappa shape index (κ2) is 7.59. The lowest BCUT2D eigenvalue weighted by Gasteiger charge is -2.20. The predicted molar refractivity (Wildman–Crippen MR) is 79.4 cm³/mol. The van der Waals surface area contributed by atoms with Crippen LogP contribution in [0.2, 0.25) is 0 Å². The monoisotopic (exact) mass is 295 g/mol. The molecule has 102 valence electrons. The Morgan fingerprint density at radius 2 is 2.16 bits per heavy atom. The lowest BCUT2D eigenvalue weighted by molar-refractivity contribution is 0.142. The standard InChI is InChI=1S/C13H17N3OS2/c1-16(7-11-5-3-2-4-6-11)8-12(17)9-18-13-15-14-10-19-13/h2-6,10,12,17H,7-9H2,1H3/t12-/m0/s1. The molecular formula is C13H17N3OS2. The van der Waals surface area contributed by atoms with Crippen molar-refractivity contribution in [2.24, 2.45) is 0 Å². The molecule has 0 spiro atoms. The van der Waals surface area contributed by atoms with Crippen molar-refractivity contribution in [1.29, 1.82) is 0 Å². The second-order valence-corrected chi connectivity index (χ2v) is 6.45. The van der Waals surface area contributed by atoms with Crippen LogP contribution < -0.4 is 0 Å². The van der Waals surface area contributed by atoms with Crippen molar-refractivity contribution in [2.75, 3.05) is 19.3 Å². The summed E-state index contributed by atoms with van der Waals surface area (Å²) in [7, 11) is 2.02. The summed E-state index contributed by atoms with van der Waals surface area (Å²) in [6, 6.07) is 10.3. The molecule has 19 heavy (non-hydrogen) atoms. The molecule has 1 heterocycles. The Bertz CT molecular complexity index is 464. The molecule has 2 aromatic rings. The molecule has 0 unspecified atom stereocenters. The summed E-state index contributed by atoms with van der Waals surface area (Å²) >= 11 is 3.05. The summed E-state index contributed by atoms with van der Waals surface area (Å²) in [6.07, 6.45) is -0.359. The molecule has 0 saturated carbocycles. The van der Waals surface area contributed by atoms with Gasteiger partial charge in [0.1, 0.15) is 5.51 Å². The quantitative estimate of drug-likeness (QED) is 0.793. The summed E-state index contributed by atoms with van der Waals surface area (Å²) in [5.41, 5.74) is 2.96. The first kappa shape index (κ1) is 14.5. The number of nitrogens with zero attached hydrogens (tertiary/aromatic N) is 3. The molecular weight excluding hydrogens is 278 g/mol. The van der Waals surface area contributed by atoms with Gasteiger partial charge in [-0.2, -0.15) is 0 Å². The lowest BCUT2D eigenvalue weighted by atomic mass is 10.2. The van der Waals surface area contributed by atoms with Crippen LogP contribution in [0, 0.1) is 0 Å². The van der Waals surface area contributed by atoms with E-state index in [0.717, 1.165) is 10.9 Å². The highest BCUT2D eigenvalue weighted by Crippen LogP contribution is 2.19. The number of aliphatic hydroxyl groups is 1. The predicted octanol–water partition coefficient (Wildman–Crippen LogP) is 2.12. The third kappa shape index (κ3) is 5.28. The fourth-order valence-electron chi connectivity index (χ4n) is 1.77. The fraction of sp³-hybridized carbons (Fsp3) is 0.385. The van der Waals surface area contributed by atoms with Gasteiger partial charge in [0.15, 0.2) is 4.34 Å². The van der Waals surface area contributed by atoms with Gasteiger partial charge in [-0.3, -0.25) is 4.90 Å². The molecule has 0 fully saturated rings. The van der Waals surface area contributed by atoms with Crippen LogP contribution >= 0.6 is 23.1 Å². The third-order valence-corrected chi connectivity index (χ3v) is 4.56. The molecule has 6 heteroatoms. The average molecular weight is 295 g/mol. The Morgan fingerprint density at radius 3 is 2.84 bits per heavy atom. The average Bonchev–Trinajstić information content (AvgIpc) is 2.90. The van der Waals surface area contributed by atoms with Crippen LogP contribution in [0.5, 0.6) is 0 Å². The molecule has 0 aliphatic heterocycles. The highest BCUT2D eigenvalue weighted by molar-refractivity contribution is 8.01. The zero-order chi connectivity index (χ0) is 13.5. The van der Waals surface area contributed by atoms with Gasteiger partial charge in [-0.1, -0.05) is 53.4 Å². The van der Waals surface area contributed by atoms with Crippen LogP contribution in [0.25, 0.3) is 0 Å². The van der Waals surface area contributed by atoms with Gasteiger partial charge in [-0.05, 0) is 12.6 Å². The topological polar surface area (TPSA) is 49.2 Å². The smallest absolute Gasteiger partial charge is 0.174 e. The summed E-state index contributed by atoms with van der Waals surface area (Å²) in [4.78, 5) is 2.13. The highest BCUT2D eigenvalue weighted by Gasteiger charge is 2.10. The van der Waals surface area contributed by atoms with Gasteiger partial charge in [-0.15, -0.1) is 10.2 Å². The van der Waals surface area contributed by atoms with E-state index in [-0.39, 0.29) is 6.10 Å². The summed E-state index contributed by atoms with van der Waals surface area (Å²) < 4.78 is 0.907. The number of likely N-dealkylation sites (N-methyl/N-ethyl adjacent to an activating group) is 1. The molecule has 4 nitrogen and oxygen atoms in total. The van der Waals surface area contributed by atoms with Gasteiger partial charge in [0.2, 0.25) is 0 Å². The van der Waals surface area contributed by atoms with Crippen LogP contribution in [0.4, 0.5) is 0 Å². The molecule has 1 aromatic carbocycles. The van der Waals surface area contributed by atoms with Gasteiger partial charge in [0.25, 0.3) is 0 Å². The van der Waals surface area contributed by atoms with E-state index >= 15 is 0 Å². The van der Waals surface area contributed by atoms with Crippen molar-refractivity contribution in [1.82, 2.24) is 15.1 Å². The number of hydrogen-bond donors (Lipinski definition) is 1. The van der Waals surface area contributed by atoms with Crippen LogP contribution in [0.1, 0.15) is 5.56 Å². The van der Waals surface area contributed by atoms with E-state index in [2.05, 4.69) is 27.2 Å². The van der Waals surface area contributed by atoms with Crippen molar-refractivity contribution in [3.05, 3.63) is 41.4 Å². The Balaban J connectivity index is 1.71. The summed E-state index contributed by atoms with van der Waals surface area (Å²) in [5.74, 6) is 0.647. The molecule has 1 N–H and O–H groups in total. The minimum atomic E-state index is -0.359. The SMILES string of the molecule is CN(Cc1ccccc1)C[C@H](O)CSc1nncs1. The van der Waals surface area contributed by atoms with Crippen molar-refractivity contribution < 1.29 is 5.11 Å². The van der Waals surface area contributed by atoms with E-state index in [0.29, 0.717) is 12.3 Å². The van der Waals surface area contributed by atoms with Gasteiger partial charge < -0.3 is 5.11 Å². The van der Waals surface area contributed by atoms with Crippen LogP contribution in [-0.4, -0.2) is 45.7 Å². The molecule has 2 rings (SSSR count). The van der Waals surface area contributed by atoms with E-state index < -0.39 is 0 Å². The maximum absolute atomic E-state index is 9.99. The molecule has 0 amide bonds. The Kier molecular flexibility index (Phi) is 5.78. The zero-order valence-corrected chi connectivity index (χ0v) is 12.4. The number of aliphatic hydroxyl groups excluding tert-OH is 1. The summed E-state index contributed by atoms with van der Waals surface area (Å²) in [5, 5.41) is 17.7. The lowest BCUT2D eigenvalue weighted by Crippen LogP contribution is -2.30. The number of thioether (sulfide) groups is 1. The van der Waals surface area contributed by atoms with Crippen molar-refractivity contribution in [3.8, 4) is 0 Å². The van der Waals surface area contributed by atoms with Gasteiger partial charge in [0.05, 0.1) is 6.10 Å². The van der Waals surface area contributed by atoms with Crippen LogP contribution in [0.15, 0.2) is 40.2 Å². The normalized spacial score (nSPS) is 12.8. The first-order chi connectivity index (χ1) is 9.24. The zero-order valence-electron chi connectivity index (χ0n) is 10.8. The van der Waals surface area contributed by atoms with Gasteiger partial charge >= 0.3 is 0 Å². The third-order valence-electron chi connectivity index (χ3n) is 2.56. The van der Waals surface area contributed by atoms with Crippen molar-refractivity contribution in [2.45, 2.75) is 17.0 Å². The Morgan fingerprint density at radius 1 is 1.37 bits per heavy atom. The van der Waals surface area contributed by atoms with Gasteiger partial charge in [0, 0.05) is 18.8 Å². The number of rotatable bonds is 7. The molecule has 0 radical (unpaired) electrons. The highest BCUT2D eigenvalue weighted by atomic mass is 32.2. The fourth-order valence-corrected chi connectivity index (χ4v) is 3.19. The minimum Gasteiger partial charge on any atom is -0.391 e. The van der Waals surface area contributed by atoms with E-state index in [1.54, 1.807) is 17.3 Å². The van der Waals surface area contributed by atoms with Crippen molar-refractivity contribution >= 4 is 23.1 Å². The molecule has 0 aliphatic rings. The van der Waals surface area contributed by atoms with Crippen LogP contribution in [0.3, 0.4) is 0 Å². The van der Waals surface area contributed by atoms with E-state index in [4.69, 9.17) is 0 Å². The number of aromatic nitrogens is 2. The number of hydrogen-bond acceptors (Lipinski definition) is 6. The Labute approximate surface area is 121 Å². The first-order valence-electron chi connectivity index (χ1n) is 6.03. The van der Waals surface area contributed by atoms with E-state index in [1.807, 2.05) is 25.2 Å². The van der Waals surface area contributed by atoms with Gasteiger partial charge in [-0.25, -0.2) is 0 Å². The first-order valence-corrected chi connectivity index (χ1v) is 7.90. The molecule has 1 aromatic heterocycles. The maximum atomic E-state index is 9.99.